The van der Waals surface area contributed by atoms with E-state index in [2.05, 4.69) is 41.1 Å². The number of hydrogen-bond acceptors (Lipinski definition) is 4. The van der Waals surface area contributed by atoms with E-state index in [-0.39, 0.29) is 5.91 Å². The van der Waals surface area contributed by atoms with E-state index in [9.17, 15) is 4.79 Å². The number of rotatable bonds is 9. The van der Waals surface area contributed by atoms with Crippen LogP contribution < -0.4 is 4.90 Å². The van der Waals surface area contributed by atoms with E-state index < -0.39 is 0 Å². The second-order valence-electron chi connectivity index (χ2n) is 6.50. The van der Waals surface area contributed by atoms with Crippen molar-refractivity contribution in [3.63, 3.8) is 0 Å². The van der Waals surface area contributed by atoms with Gasteiger partial charge in [-0.25, -0.2) is 4.98 Å². The summed E-state index contributed by atoms with van der Waals surface area (Å²) in [7, 11) is 0. The molecule has 1 aliphatic carbocycles. The molecule has 0 radical (unpaired) electrons. The first kappa shape index (κ1) is 17.8. The Morgan fingerprint density at radius 3 is 2.76 bits per heavy atom. The summed E-state index contributed by atoms with van der Waals surface area (Å²) in [6.07, 6.45) is 5.12. The lowest BCUT2D eigenvalue weighted by Gasteiger charge is -2.20. The predicted molar refractivity (Wildman–Crippen MR) is 104 cm³/mol. The smallest absolute Gasteiger partial charge is 0.225 e. The Labute approximate surface area is 153 Å². The van der Waals surface area contributed by atoms with Crippen molar-refractivity contribution in [1.82, 2.24) is 9.88 Å². The van der Waals surface area contributed by atoms with Crippen molar-refractivity contribution >= 4 is 22.4 Å². The summed E-state index contributed by atoms with van der Waals surface area (Å²) in [6.45, 7) is 8.08. The molecule has 25 heavy (non-hydrogen) atoms. The number of carbonyl (C=O) groups is 1. The predicted octanol–water partition coefficient (Wildman–Crippen LogP) is 3.89. The van der Waals surface area contributed by atoms with Gasteiger partial charge in [0.15, 0.2) is 5.13 Å². The van der Waals surface area contributed by atoms with Gasteiger partial charge in [-0.1, -0.05) is 36.4 Å². The molecular weight excluding hydrogens is 330 g/mol. The van der Waals surface area contributed by atoms with Gasteiger partial charge in [-0.2, -0.15) is 0 Å². The Morgan fingerprint density at radius 1 is 1.36 bits per heavy atom. The maximum atomic E-state index is 11.9. The van der Waals surface area contributed by atoms with Gasteiger partial charge in [0, 0.05) is 38.0 Å². The van der Waals surface area contributed by atoms with E-state index in [1.54, 1.807) is 18.3 Å². The Bertz CT molecular complexity index is 709. The highest BCUT2D eigenvalue weighted by Gasteiger charge is 2.33. The van der Waals surface area contributed by atoms with Crippen LogP contribution in [0.25, 0.3) is 0 Å². The maximum absolute atomic E-state index is 11.9. The fraction of sp³-hybridized carbons (Fsp3) is 0.400. The van der Waals surface area contributed by atoms with Gasteiger partial charge in [0.05, 0.1) is 5.69 Å². The van der Waals surface area contributed by atoms with Crippen LogP contribution in [0.5, 0.6) is 0 Å². The average molecular weight is 356 g/mol. The SMILES string of the molecule is C=CCN(CCc1ccccc1)Cc1csc(N(C(C)=O)C2CC2)n1. The third-order valence-electron chi connectivity index (χ3n) is 4.33. The standard InChI is InChI=1S/C20H25N3OS/c1-3-12-22(13-11-17-7-5-4-6-8-17)14-18-15-25-20(21-18)23(16(2)24)19-9-10-19/h3-8,15,19H,1,9-14H2,2H3. The number of thiazole rings is 1. The largest absolute Gasteiger partial charge is 0.294 e. The molecule has 1 fully saturated rings. The first-order valence-electron chi connectivity index (χ1n) is 8.78. The highest BCUT2D eigenvalue weighted by atomic mass is 32.1. The van der Waals surface area contributed by atoms with Crippen molar-refractivity contribution in [2.24, 2.45) is 0 Å². The first-order valence-corrected chi connectivity index (χ1v) is 9.66. The second-order valence-corrected chi connectivity index (χ2v) is 7.34. The fourth-order valence-electron chi connectivity index (χ4n) is 2.94. The molecule has 1 amide bonds. The summed E-state index contributed by atoms with van der Waals surface area (Å²) >= 11 is 1.57. The molecule has 0 spiro atoms. The number of nitrogens with zero attached hydrogens (tertiary/aromatic N) is 3. The van der Waals surface area contributed by atoms with Crippen LogP contribution in [-0.2, 0) is 17.8 Å². The number of aromatic nitrogens is 1. The van der Waals surface area contributed by atoms with E-state index in [0.29, 0.717) is 6.04 Å². The summed E-state index contributed by atoms with van der Waals surface area (Å²) in [5.74, 6) is 0.0930. The minimum atomic E-state index is 0.0930. The maximum Gasteiger partial charge on any atom is 0.225 e. The van der Waals surface area contributed by atoms with Gasteiger partial charge in [0.1, 0.15) is 0 Å². The summed E-state index contributed by atoms with van der Waals surface area (Å²) < 4.78 is 0. The zero-order valence-electron chi connectivity index (χ0n) is 14.7. The van der Waals surface area contributed by atoms with Crippen LogP contribution in [0.2, 0.25) is 0 Å². The molecule has 1 saturated carbocycles. The molecule has 0 bridgehead atoms. The van der Waals surface area contributed by atoms with E-state index >= 15 is 0 Å². The molecule has 132 valence electrons. The Morgan fingerprint density at radius 2 is 2.12 bits per heavy atom. The van der Waals surface area contributed by atoms with Crippen LogP contribution in [0.4, 0.5) is 5.13 Å². The van der Waals surface area contributed by atoms with Gasteiger partial charge in [-0.15, -0.1) is 17.9 Å². The number of hydrogen-bond donors (Lipinski definition) is 0. The molecule has 0 saturated heterocycles. The quantitative estimate of drug-likeness (QED) is 0.640. The van der Waals surface area contributed by atoms with Crippen LogP contribution in [-0.4, -0.2) is 34.9 Å². The van der Waals surface area contributed by atoms with E-state index in [4.69, 9.17) is 4.98 Å². The third kappa shape index (κ3) is 5.00. The minimum Gasteiger partial charge on any atom is -0.294 e. The van der Waals surface area contributed by atoms with Gasteiger partial charge in [0.25, 0.3) is 0 Å². The van der Waals surface area contributed by atoms with Gasteiger partial charge in [0.2, 0.25) is 5.91 Å². The van der Waals surface area contributed by atoms with Crippen molar-refractivity contribution in [1.29, 1.82) is 0 Å². The topological polar surface area (TPSA) is 36.4 Å². The molecule has 3 rings (SSSR count). The third-order valence-corrected chi connectivity index (χ3v) is 5.22. The lowest BCUT2D eigenvalue weighted by molar-refractivity contribution is -0.116. The molecular formula is C20H25N3OS. The van der Waals surface area contributed by atoms with Gasteiger partial charge >= 0.3 is 0 Å². The monoisotopic (exact) mass is 355 g/mol. The molecule has 1 heterocycles. The van der Waals surface area contributed by atoms with Crippen LogP contribution >= 0.6 is 11.3 Å². The van der Waals surface area contributed by atoms with Gasteiger partial charge in [-0.05, 0) is 24.8 Å². The molecule has 1 aliphatic rings. The fourth-order valence-corrected chi connectivity index (χ4v) is 3.87. The molecule has 0 N–H and O–H groups in total. The van der Waals surface area contributed by atoms with Crippen molar-refractivity contribution in [3.8, 4) is 0 Å². The number of benzene rings is 1. The van der Waals surface area contributed by atoms with Crippen molar-refractivity contribution in [3.05, 3.63) is 59.6 Å². The van der Waals surface area contributed by atoms with Crippen LogP contribution in [0.1, 0.15) is 31.0 Å². The van der Waals surface area contributed by atoms with Gasteiger partial charge in [-0.3, -0.25) is 14.6 Å². The summed E-state index contributed by atoms with van der Waals surface area (Å²) in [5.41, 5.74) is 2.37. The molecule has 1 aromatic heterocycles. The molecule has 4 nitrogen and oxygen atoms in total. The zero-order chi connectivity index (χ0) is 17.6. The number of carbonyl (C=O) groups excluding carboxylic acids is 1. The minimum absolute atomic E-state index is 0.0930. The number of amides is 1. The van der Waals surface area contributed by atoms with Crippen molar-refractivity contribution in [2.75, 3.05) is 18.0 Å². The molecule has 1 aromatic carbocycles. The Hall–Kier alpha value is -1.98. The zero-order valence-corrected chi connectivity index (χ0v) is 15.5. The summed E-state index contributed by atoms with van der Waals surface area (Å²) in [6, 6.07) is 10.9. The average Bonchev–Trinajstić information content (AvgIpc) is 3.33. The summed E-state index contributed by atoms with van der Waals surface area (Å²) in [4.78, 5) is 20.8. The van der Waals surface area contributed by atoms with E-state index in [0.717, 1.165) is 49.7 Å². The lowest BCUT2D eigenvalue weighted by atomic mass is 10.1. The van der Waals surface area contributed by atoms with E-state index in [1.165, 1.54) is 5.56 Å². The van der Waals surface area contributed by atoms with Crippen LogP contribution in [0, 0.1) is 0 Å². The molecule has 5 heteroatoms. The highest BCUT2D eigenvalue weighted by Crippen LogP contribution is 2.33. The molecule has 0 aliphatic heterocycles. The molecule has 0 unspecified atom stereocenters. The second kappa shape index (κ2) is 8.41. The molecule has 0 atom stereocenters. The Balaban J connectivity index is 1.62. The first-order chi connectivity index (χ1) is 12.2. The van der Waals surface area contributed by atoms with Crippen molar-refractivity contribution in [2.45, 2.75) is 38.8 Å². The normalized spacial score (nSPS) is 13.8. The van der Waals surface area contributed by atoms with Crippen molar-refractivity contribution < 1.29 is 4.79 Å². The Kier molecular flexibility index (Phi) is 6.00. The number of anilines is 1. The van der Waals surface area contributed by atoms with E-state index in [1.807, 2.05) is 17.0 Å². The summed E-state index contributed by atoms with van der Waals surface area (Å²) in [5, 5.41) is 2.92. The van der Waals surface area contributed by atoms with Gasteiger partial charge < -0.3 is 0 Å². The lowest BCUT2D eigenvalue weighted by Crippen LogP contribution is -2.30. The highest BCUT2D eigenvalue weighted by molar-refractivity contribution is 7.14. The van der Waals surface area contributed by atoms with Crippen LogP contribution in [0.3, 0.4) is 0 Å². The molecule has 2 aromatic rings. The van der Waals surface area contributed by atoms with Crippen LogP contribution in [0.15, 0.2) is 48.4 Å².